The van der Waals surface area contributed by atoms with Crippen LogP contribution in [0.4, 0.5) is 0 Å². The summed E-state index contributed by atoms with van der Waals surface area (Å²) in [6.45, 7) is 2.27. The monoisotopic (exact) mass is 336 g/mol. The van der Waals surface area contributed by atoms with Crippen molar-refractivity contribution in [2.75, 3.05) is 26.2 Å². The number of hydrogen-bond donors (Lipinski definition) is 3. The Balaban J connectivity index is 1.37. The van der Waals surface area contributed by atoms with Crippen LogP contribution in [-0.2, 0) is 9.59 Å². The van der Waals surface area contributed by atoms with E-state index in [0.717, 1.165) is 38.8 Å². The average Bonchev–Trinajstić information content (AvgIpc) is 3.02. The Hall–Kier alpha value is -2.12. The molecule has 24 heavy (non-hydrogen) atoms. The fraction of sp³-hybridized carbons (Fsp3) is 0.750. The third kappa shape index (κ3) is 5.82. The van der Waals surface area contributed by atoms with Gasteiger partial charge in [-0.1, -0.05) is 38.5 Å². The molecule has 1 fully saturated rings. The molecule has 8 heteroatoms. The predicted octanol–water partition coefficient (Wildman–Crippen LogP) is 0.631. The fourth-order valence-electron chi connectivity index (χ4n) is 3.03. The van der Waals surface area contributed by atoms with E-state index in [1.807, 2.05) is 4.90 Å². The smallest absolute Gasteiger partial charge is 0.268 e. The van der Waals surface area contributed by atoms with Crippen LogP contribution in [0.5, 0.6) is 0 Å². The van der Waals surface area contributed by atoms with E-state index < -0.39 is 0 Å². The molecule has 2 aliphatic heterocycles. The minimum atomic E-state index is -0.142. The van der Waals surface area contributed by atoms with Crippen molar-refractivity contribution in [3.63, 3.8) is 0 Å². The number of carbonyl (C=O) groups is 2. The molecule has 0 unspecified atom stereocenters. The number of hydrogen-bond acceptors (Lipinski definition) is 5. The second kappa shape index (κ2) is 9.24. The highest BCUT2D eigenvalue weighted by molar-refractivity contribution is 6.02. The van der Waals surface area contributed by atoms with Gasteiger partial charge in [-0.25, -0.2) is 0 Å². The van der Waals surface area contributed by atoms with Crippen LogP contribution in [0.15, 0.2) is 4.99 Å². The summed E-state index contributed by atoms with van der Waals surface area (Å²) in [5.74, 6) is 0.386. The molecule has 0 aromatic heterocycles. The van der Waals surface area contributed by atoms with E-state index in [9.17, 15) is 9.59 Å². The molecule has 0 bridgehead atoms. The Kier molecular flexibility index (Phi) is 7.02. The Morgan fingerprint density at radius 1 is 0.917 bits per heavy atom. The molecule has 0 aliphatic carbocycles. The fourth-order valence-corrected chi connectivity index (χ4v) is 3.03. The number of nitrogens with two attached hydrogens (primary N) is 1. The first kappa shape index (κ1) is 18.2. The van der Waals surface area contributed by atoms with Crippen molar-refractivity contribution in [3.05, 3.63) is 0 Å². The lowest BCUT2D eigenvalue weighted by Crippen LogP contribution is -2.34. The lowest BCUT2D eigenvalue weighted by molar-refractivity contribution is -0.118. The quantitative estimate of drug-likeness (QED) is 0.479. The van der Waals surface area contributed by atoms with Crippen molar-refractivity contribution in [2.45, 2.75) is 51.4 Å². The first-order valence-electron chi connectivity index (χ1n) is 8.81. The Bertz CT molecular complexity index is 495. The number of amides is 2. The van der Waals surface area contributed by atoms with Crippen LogP contribution >= 0.6 is 0 Å². The van der Waals surface area contributed by atoms with E-state index in [2.05, 4.69) is 10.3 Å². The molecule has 134 valence electrons. The van der Waals surface area contributed by atoms with Crippen LogP contribution in [0.2, 0.25) is 0 Å². The van der Waals surface area contributed by atoms with Crippen LogP contribution in [0.25, 0.3) is 0 Å². The lowest BCUT2D eigenvalue weighted by atomic mass is 10.1. The van der Waals surface area contributed by atoms with Gasteiger partial charge in [0.1, 0.15) is 13.1 Å². The van der Waals surface area contributed by atoms with Gasteiger partial charge in [0.25, 0.3) is 5.91 Å². The summed E-state index contributed by atoms with van der Waals surface area (Å²) in [6.07, 6.45) is 9.21. The zero-order valence-corrected chi connectivity index (χ0v) is 14.2. The Morgan fingerprint density at radius 3 is 1.92 bits per heavy atom. The van der Waals surface area contributed by atoms with Crippen molar-refractivity contribution in [2.24, 2.45) is 10.7 Å². The Labute approximate surface area is 143 Å². The molecule has 0 aromatic rings. The molecule has 2 aliphatic rings. The van der Waals surface area contributed by atoms with E-state index in [-0.39, 0.29) is 17.8 Å². The SMILES string of the molecule is N=C1NC(=O)CN1CCCCCCCCCCN1CC(=O)N=C1N. The number of guanidine groups is 2. The highest BCUT2D eigenvalue weighted by Crippen LogP contribution is 2.11. The molecule has 0 spiro atoms. The third-order valence-electron chi connectivity index (χ3n) is 4.40. The van der Waals surface area contributed by atoms with E-state index in [1.54, 1.807) is 4.90 Å². The van der Waals surface area contributed by atoms with Gasteiger partial charge in [0, 0.05) is 13.1 Å². The van der Waals surface area contributed by atoms with Crippen LogP contribution in [0.3, 0.4) is 0 Å². The first-order chi connectivity index (χ1) is 11.6. The van der Waals surface area contributed by atoms with Gasteiger partial charge in [0.05, 0.1) is 0 Å². The van der Waals surface area contributed by atoms with Gasteiger partial charge in [0.2, 0.25) is 5.91 Å². The zero-order chi connectivity index (χ0) is 17.4. The maximum atomic E-state index is 11.1. The largest absolute Gasteiger partial charge is 0.369 e. The maximum Gasteiger partial charge on any atom is 0.268 e. The van der Waals surface area contributed by atoms with Gasteiger partial charge >= 0.3 is 0 Å². The third-order valence-corrected chi connectivity index (χ3v) is 4.40. The van der Waals surface area contributed by atoms with Crippen molar-refractivity contribution < 1.29 is 9.59 Å². The van der Waals surface area contributed by atoms with Gasteiger partial charge < -0.3 is 15.5 Å². The first-order valence-corrected chi connectivity index (χ1v) is 8.81. The molecule has 4 N–H and O–H groups in total. The normalized spacial score (nSPS) is 17.7. The van der Waals surface area contributed by atoms with Crippen LogP contribution in [0.1, 0.15) is 51.4 Å². The molecule has 8 nitrogen and oxygen atoms in total. The van der Waals surface area contributed by atoms with Gasteiger partial charge in [0.15, 0.2) is 11.9 Å². The van der Waals surface area contributed by atoms with E-state index >= 15 is 0 Å². The predicted molar refractivity (Wildman–Crippen MR) is 92.6 cm³/mol. The standard InChI is InChI=1S/C16H28N6O2/c17-15-19-13(23)11-21(15)9-7-5-3-1-2-4-6-8-10-22-12-14(24)20-16(22)18/h1-12H2,(H2,17,19,23)(H2,18,20,24). The average molecular weight is 336 g/mol. The van der Waals surface area contributed by atoms with Crippen molar-refractivity contribution in [3.8, 4) is 0 Å². The topological polar surface area (TPSA) is 115 Å². The van der Waals surface area contributed by atoms with Gasteiger partial charge in [-0.3, -0.25) is 20.3 Å². The number of aliphatic imine (C=N–C) groups is 1. The molecule has 2 heterocycles. The highest BCUT2D eigenvalue weighted by Gasteiger charge is 2.22. The van der Waals surface area contributed by atoms with Crippen molar-refractivity contribution >= 4 is 23.7 Å². The highest BCUT2D eigenvalue weighted by atomic mass is 16.2. The lowest BCUT2D eigenvalue weighted by Gasteiger charge is -2.15. The Morgan fingerprint density at radius 2 is 1.46 bits per heavy atom. The zero-order valence-electron chi connectivity index (χ0n) is 14.2. The van der Waals surface area contributed by atoms with Crippen LogP contribution in [-0.4, -0.2) is 59.7 Å². The summed E-state index contributed by atoms with van der Waals surface area (Å²) in [7, 11) is 0. The second-order valence-corrected chi connectivity index (χ2v) is 6.43. The summed E-state index contributed by atoms with van der Waals surface area (Å²) in [5, 5.41) is 10.1. The van der Waals surface area contributed by atoms with E-state index in [0.29, 0.717) is 19.0 Å². The number of nitrogens with zero attached hydrogens (tertiary/aromatic N) is 3. The second-order valence-electron chi connectivity index (χ2n) is 6.43. The minimum absolute atomic E-state index is 0.0775. The van der Waals surface area contributed by atoms with Gasteiger partial charge in [-0.2, -0.15) is 4.99 Å². The number of unbranched alkanes of at least 4 members (excludes halogenated alkanes) is 7. The molecular formula is C16H28N6O2. The number of nitrogens with one attached hydrogen (secondary N) is 2. The van der Waals surface area contributed by atoms with Crippen molar-refractivity contribution in [1.29, 1.82) is 5.41 Å². The van der Waals surface area contributed by atoms with E-state index in [4.69, 9.17) is 11.1 Å². The molecular weight excluding hydrogens is 308 g/mol. The van der Waals surface area contributed by atoms with Gasteiger partial charge in [-0.15, -0.1) is 0 Å². The summed E-state index contributed by atoms with van der Waals surface area (Å²) in [4.78, 5) is 29.6. The molecule has 0 atom stereocenters. The number of rotatable bonds is 11. The molecule has 0 radical (unpaired) electrons. The van der Waals surface area contributed by atoms with Crippen LogP contribution in [0, 0.1) is 5.41 Å². The minimum Gasteiger partial charge on any atom is -0.369 e. The maximum absolute atomic E-state index is 11.1. The molecule has 1 saturated heterocycles. The summed E-state index contributed by atoms with van der Waals surface area (Å²) in [5.41, 5.74) is 5.66. The van der Waals surface area contributed by atoms with E-state index in [1.165, 1.54) is 25.7 Å². The summed E-state index contributed by atoms with van der Waals surface area (Å²) < 4.78 is 0. The molecule has 2 amide bonds. The van der Waals surface area contributed by atoms with Gasteiger partial charge in [-0.05, 0) is 12.8 Å². The van der Waals surface area contributed by atoms with Crippen molar-refractivity contribution in [1.82, 2.24) is 15.1 Å². The summed E-state index contributed by atoms with van der Waals surface area (Å²) >= 11 is 0. The molecule has 2 rings (SSSR count). The number of carbonyl (C=O) groups excluding carboxylic acids is 2. The summed E-state index contributed by atoms with van der Waals surface area (Å²) in [6, 6.07) is 0. The molecule has 0 aromatic carbocycles. The van der Waals surface area contributed by atoms with Crippen LogP contribution < -0.4 is 11.1 Å². The molecule has 0 saturated carbocycles.